The molecule has 0 saturated heterocycles. The molecular formula is C14H21N3O3S. The third kappa shape index (κ3) is 5.25. The van der Waals surface area contributed by atoms with E-state index in [0.29, 0.717) is 24.4 Å². The molecule has 0 aliphatic rings. The van der Waals surface area contributed by atoms with E-state index in [2.05, 4.69) is 11.4 Å². The number of methoxy groups -OCH3 is 1. The third-order valence-electron chi connectivity index (χ3n) is 3.17. The van der Waals surface area contributed by atoms with Gasteiger partial charge in [0.05, 0.1) is 23.8 Å². The summed E-state index contributed by atoms with van der Waals surface area (Å²) in [5.41, 5.74) is 0.465. The maximum absolute atomic E-state index is 11.4. The largest absolute Gasteiger partial charge is 0.495 e. The molecule has 0 fully saturated rings. The van der Waals surface area contributed by atoms with E-state index < -0.39 is 10.0 Å². The smallest absolute Gasteiger partial charge is 0.238 e. The predicted molar refractivity (Wildman–Crippen MR) is 81.5 cm³/mol. The van der Waals surface area contributed by atoms with E-state index in [1.54, 1.807) is 6.07 Å². The standard InChI is InChI=1S/C14H21N3O3S/c1-14(2,7-4-8-15)10-17-12-9-11(21(16,18)19)5-6-13(12)20-3/h5-6,9,17H,4,7,10H2,1-3H3,(H2,16,18,19). The number of primary sulfonamides is 1. The second kappa shape index (κ2) is 6.78. The number of sulfonamides is 1. The van der Waals surface area contributed by atoms with Crippen LogP contribution in [-0.2, 0) is 10.0 Å². The van der Waals surface area contributed by atoms with Crippen molar-refractivity contribution >= 4 is 15.7 Å². The molecule has 0 aromatic heterocycles. The molecule has 0 unspecified atom stereocenters. The lowest BCUT2D eigenvalue weighted by molar-refractivity contribution is 0.362. The predicted octanol–water partition coefficient (Wildman–Crippen LogP) is 2.08. The van der Waals surface area contributed by atoms with Crippen molar-refractivity contribution in [3.8, 4) is 11.8 Å². The van der Waals surface area contributed by atoms with Crippen molar-refractivity contribution in [1.29, 1.82) is 5.26 Å². The minimum atomic E-state index is -3.76. The minimum absolute atomic E-state index is 0.0284. The second-order valence-corrected chi connectivity index (χ2v) is 7.14. The topological polar surface area (TPSA) is 105 Å². The molecule has 1 aromatic carbocycles. The number of benzene rings is 1. The Balaban J connectivity index is 2.94. The molecule has 0 heterocycles. The molecule has 21 heavy (non-hydrogen) atoms. The van der Waals surface area contributed by atoms with Gasteiger partial charge in [0.1, 0.15) is 5.75 Å². The maximum Gasteiger partial charge on any atom is 0.238 e. The van der Waals surface area contributed by atoms with Crippen molar-refractivity contribution in [2.75, 3.05) is 19.0 Å². The zero-order valence-corrected chi connectivity index (χ0v) is 13.3. The number of nitrogens with two attached hydrogens (primary N) is 1. The zero-order valence-electron chi connectivity index (χ0n) is 12.5. The van der Waals surface area contributed by atoms with Gasteiger partial charge in [0.2, 0.25) is 10.0 Å². The van der Waals surface area contributed by atoms with E-state index in [9.17, 15) is 8.42 Å². The second-order valence-electron chi connectivity index (χ2n) is 5.58. The normalized spacial score (nSPS) is 11.8. The molecular weight excluding hydrogens is 290 g/mol. The van der Waals surface area contributed by atoms with Gasteiger partial charge >= 0.3 is 0 Å². The molecule has 0 saturated carbocycles. The molecule has 7 heteroatoms. The molecule has 116 valence electrons. The Kier molecular flexibility index (Phi) is 5.58. The van der Waals surface area contributed by atoms with Gasteiger partial charge in [-0.1, -0.05) is 13.8 Å². The van der Waals surface area contributed by atoms with Crippen LogP contribution in [0.1, 0.15) is 26.7 Å². The van der Waals surface area contributed by atoms with E-state index in [1.807, 2.05) is 13.8 Å². The van der Waals surface area contributed by atoms with Gasteiger partial charge in [-0.3, -0.25) is 0 Å². The molecule has 0 atom stereocenters. The summed E-state index contributed by atoms with van der Waals surface area (Å²) in [6.07, 6.45) is 1.22. The Hall–Kier alpha value is -1.78. The third-order valence-corrected chi connectivity index (χ3v) is 4.08. The number of rotatable bonds is 7. The summed E-state index contributed by atoms with van der Waals surface area (Å²) in [5.74, 6) is 0.540. The van der Waals surface area contributed by atoms with E-state index >= 15 is 0 Å². The molecule has 3 N–H and O–H groups in total. The van der Waals surface area contributed by atoms with Gasteiger partial charge in [-0.05, 0) is 30.0 Å². The van der Waals surface area contributed by atoms with Gasteiger partial charge in [-0.2, -0.15) is 5.26 Å². The van der Waals surface area contributed by atoms with Crippen molar-refractivity contribution in [2.45, 2.75) is 31.6 Å². The van der Waals surface area contributed by atoms with Crippen LogP contribution in [0, 0.1) is 16.7 Å². The SMILES string of the molecule is COc1ccc(S(N)(=O)=O)cc1NCC(C)(C)CCC#N. The van der Waals surface area contributed by atoms with Gasteiger partial charge in [0, 0.05) is 13.0 Å². The molecule has 6 nitrogen and oxygen atoms in total. The first-order chi connectivity index (χ1) is 9.69. The van der Waals surface area contributed by atoms with E-state index in [4.69, 9.17) is 15.1 Å². The molecule has 0 spiro atoms. The maximum atomic E-state index is 11.4. The fraction of sp³-hybridized carbons (Fsp3) is 0.500. The average molecular weight is 311 g/mol. The zero-order chi connectivity index (χ0) is 16.1. The van der Waals surface area contributed by atoms with Crippen LogP contribution in [0.4, 0.5) is 5.69 Å². The lowest BCUT2D eigenvalue weighted by atomic mass is 9.88. The van der Waals surface area contributed by atoms with Crippen molar-refractivity contribution in [1.82, 2.24) is 0 Å². The first kappa shape index (κ1) is 17.3. The van der Waals surface area contributed by atoms with Crippen LogP contribution >= 0.6 is 0 Å². The summed E-state index contributed by atoms with van der Waals surface area (Å²) in [6.45, 7) is 4.65. The lowest BCUT2D eigenvalue weighted by Crippen LogP contribution is -2.23. The van der Waals surface area contributed by atoms with Crippen molar-refractivity contribution in [3.05, 3.63) is 18.2 Å². The average Bonchev–Trinajstić information content (AvgIpc) is 2.41. The van der Waals surface area contributed by atoms with E-state index in [-0.39, 0.29) is 10.3 Å². The highest BCUT2D eigenvalue weighted by Gasteiger charge is 2.19. The quantitative estimate of drug-likeness (QED) is 0.802. The highest BCUT2D eigenvalue weighted by Crippen LogP contribution is 2.29. The molecule has 0 amide bonds. The monoisotopic (exact) mass is 311 g/mol. The molecule has 0 aliphatic heterocycles. The number of hydrogen-bond donors (Lipinski definition) is 2. The van der Waals surface area contributed by atoms with Gasteiger partial charge in [-0.15, -0.1) is 0 Å². The van der Waals surface area contributed by atoms with Crippen molar-refractivity contribution in [2.24, 2.45) is 10.6 Å². The van der Waals surface area contributed by atoms with Crippen molar-refractivity contribution < 1.29 is 13.2 Å². The van der Waals surface area contributed by atoms with E-state index in [0.717, 1.165) is 6.42 Å². The molecule has 0 aliphatic carbocycles. The van der Waals surface area contributed by atoms with Crippen LogP contribution in [0.5, 0.6) is 5.75 Å². The number of hydrogen-bond acceptors (Lipinski definition) is 5. The first-order valence-electron chi connectivity index (χ1n) is 6.51. The summed E-state index contributed by atoms with van der Waals surface area (Å²) in [4.78, 5) is 0.0284. The Morgan fingerprint density at radius 3 is 2.62 bits per heavy atom. The number of nitriles is 1. The highest BCUT2D eigenvalue weighted by atomic mass is 32.2. The number of anilines is 1. The first-order valence-corrected chi connectivity index (χ1v) is 8.06. The van der Waals surface area contributed by atoms with Crippen LogP contribution in [0.3, 0.4) is 0 Å². The summed E-state index contributed by atoms with van der Waals surface area (Å²) in [5, 5.41) is 17.0. The van der Waals surface area contributed by atoms with Gasteiger partial charge in [0.25, 0.3) is 0 Å². The van der Waals surface area contributed by atoms with Gasteiger partial charge < -0.3 is 10.1 Å². The Bertz CT molecular complexity index is 633. The summed E-state index contributed by atoms with van der Waals surface area (Å²) < 4.78 is 28.0. The van der Waals surface area contributed by atoms with Crippen molar-refractivity contribution in [3.63, 3.8) is 0 Å². The van der Waals surface area contributed by atoms with E-state index in [1.165, 1.54) is 19.2 Å². The summed E-state index contributed by atoms with van der Waals surface area (Å²) in [6, 6.07) is 6.54. The Morgan fingerprint density at radius 1 is 1.43 bits per heavy atom. The van der Waals surface area contributed by atoms with Crippen LogP contribution in [-0.4, -0.2) is 22.1 Å². The van der Waals surface area contributed by atoms with Crippen LogP contribution in [0.15, 0.2) is 23.1 Å². The summed E-state index contributed by atoms with van der Waals surface area (Å²) >= 11 is 0. The molecule has 1 aromatic rings. The lowest BCUT2D eigenvalue weighted by Gasteiger charge is -2.25. The highest BCUT2D eigenvalue weighted by molar-refractivity contribution is 7.89. The fourth-order valence-electron chi connectivity index (χ4n) is 1.82. The van der Waals surface area contributed by atoms with Crippen LogP contribution in [0.25, 0.3) is 0 Å². The molecule has 0 radical (unpaired) electrons. The molecule has 1 rings (SSSR count). The van der Waals surface area contributed by atoms with Gasteiger partial charge in [-0.25, -0.2) is 13.6 Å². The fourth-order valence-corrected chi connectivity index (χ4v) is 2.36. The van der Waals surface area contributed by atoms with Crippen LogP contribution < -0.4 is 15.2 Å². The number of nitrogens with zero attached hydrogens (tertiary/aromatic N) is 1. The van der Waals surface area contributed by atoms with Gasteiger partial charge in [0.15, 0.2) is 0 Å². The molecule has 0 bridgehead atoms. The Labute approximate surface area is 126 Å². The number of ether oxygens (including phenoxy) is 1. The minimum Gasteiger partial charge on any atom is -0.495 e. The van der Waals surface area contributed by atoms with Crippen LogP contribution in [0.2, 0.25) is 0 Å². The Morgan fingerprint density at radius 2 is 2.10 bits per heavy atom. The summed E-state index contributed by atoms with van der Waals surface area (Å²) in [7, 11) is -2.25. The number of nitrogens with one attached hydrogen (secondary N) is 1.